The van der Waals surface area contributed by atoms with E-state index in [1.807, 2.05) is 0 Å². The fourth-order valence-corrected chi connectivity index (χ4v) is 1.37. The Kier molecular flexibility index (Phi) is 1.04. The maximum absolute atomic E-state index is 8.37. The van der Waals surface area contributed by atoms with Crippen molar-refractivity contribution in [2.24, 2.45) is 11.3 Å². The lowest BCUT2D eigenvalue weighted by atomic mass is 9.65. The Morgan fingerprint density at radius 3 is 2.12 bits per heavy atom. The van der Waals surface area contributed by atoms with E-state index in [9.17, 15) is 0 Å². The summed E-state index contributed by atoms with van der Waals surface area (Å²) >= 11 is 0. The molecule has 0 saturated heterocycles. The second-order valence-electron chi connectivity index (χ2n) is 3.40. The van der Waals surface area contributed by atoms with E-state index < -0.39 is 0 Å². The fraction of sp³-hybridized carbons (Fsp3) is 0.857. The predicted octanol–water partition coefficient (Wildman–Crippen LogP) is 1.95. The summed E-state index contributed by atoms with van der Waals surface area (Å²) in [4.78, 5) is 0. The fourth-order valence-electron chi connectivity index (χ4n) is 1.37. The van der Waals surface area contributed by atoms with E-state index in [1.54, 1.807) is 0 Å². The third kappa shape index (κ3) is 0.838. The molecule has 0 bridgehead atoms. The zero-order valence-corrected chi connectivity index (χ0v) is 5.44. The van der Waals surface area contributed by atoms with Crippen LogP contribution in [-0.2, 0) is 0 Å². The minimum absolute atomic E-state index is 0.366. The maximum atomic E-state index is 8.37. The molecule has 0 N–H and O–H groups in total. The van der Waals surface area contributed by atoms with Crippen LogP contribution in [0.1, 0.15) is 26.7 Å². The molecule has 0 aromatic carbocycles. The van der Waals surface area contributed by atoms with Crippen LogP contribution in [0.3, 0.4) is 0 Å². The molecule has 1 rings (SSSR count). The van der Waals surface area contributed by atoms with Gasteiger partial charge in [0.2, 0.25) is 0 Å². The third-order valence-electron chi connectivity index (χ3n) is 1.78. The monoisotopic (exact) mass is 109 g/mol. The van der Waals surface area contributed by atoms with Gasteiger partial charge in [-0.3, -0.25) is 0 Å². The Morgan fingerprint density at radius 2 is 2.00 bits per heavy atom. The maximum Gasteiger partial charge on any atom is 0.0656 e. The van der Waals surface area contributed by atoms with Crippen molar-refractivity contribution in [2.45, 2.75) is 26.7 Å². The Balaban J connectivity index is 2.34. The van der Waals surface area contributed by atoms with Crippen molar-refractivity contribution in [3.8, 4) is 6.07 Å². The Bertz CT molecular complexity index is 122. The number of hydrogen-bond acceptors (Lipinski definition) is 1. The summed E-state index contributed by atoms with van der Waals surface area (Å²) in [5, 5.41) is 8.37. The van der Waals surface area contributed by atoms with E-state index in [4.69, 9.17) is 5.26 Å². The van der Waals surface area contributed by atoms with E-state index >= 15 is 0 Å². The highest BCUT2D eigenvalue weighted by Gasteiger charge is 2.35. The molecule has 1 aliphatic rings. The molecular formula is C7H11N. The van der Waals surface area contributed by atoms with E-state index in [2.05, 4.69) is 19.9 Å². The minimum Gasteiger partial charge on any atom is -0.198 e. The van der Waals surface area contributed by atoms with Crippen molar-refractivity contribution in [2.75, 3.05) is 0 Å². The van der Waals surface area contributed by atoms with Gasteiger partial charge in [0.25, 0.3) is 0 Å². The van der Waals surface area contributed by atoms with Gasteiger partial charge in [0.1, 0.15) is 0 Å². The Labute approximate surface area is 50.3 Å². The normalized spacial score (nSPS) is 26.1. The molecule has 8 heavy (non-hydrogen) atoms. The summed E-state index contributed by atoms with van der Waals surface area (Å²) in [6.07, 6.45) is 2.20. The highest BCUT2D eigenvalue weighted by molar-refractivity contribution is 4.98. The van der Waals surface area contributed by atoms with E-state index in [-0.39, 0.29) is 0 Å². The molecule has 0 unspecified atom stereocenters. The first kappa shape index (κ1) is 5.62. The highest BCUT2D eigenvalue weighted by Crippen LogP contribution is 2.43. The van der Waals surface area contributed by atoms with Crippen LogP contribution in [0.15, 0.2) is 0 Å². The lowest BCUT2D eigenvalue weighted by Crippen LogP contribution is -2.30. The molecule has 0 aromatic rings. The molecule has 1 nitrogen and oxygen atoms in total. The molecule has 1 aliphatic carbocycles. The second-order valence-corrected chi connectivity index (χ2v) is 3.40. The van der Waals surface area contributed by atoms with Crippen LogP contribution in [0, 0.1) is 22.7 Å². The quantitative estimate of drug-likeness (QED) is 0.466. The van der Waals surface area contributed by atoms with Crippen molar-refractivity contribution in [3.05, 3.63) is 0 Å². The summed E-state index contributed by atoms with van der Waals surface area (Å²) in [7, 11) is 0. The van der Waals surface area contributed by atoms with E-state index in [0.717, 1.165) is 12.8 Å². The van der Waals surface area contributed by atoms with Crippen LogP contribution in [-0.4, -0.2) is 0 Å². The van der Waals surface area contributed by atoms with Gasteiger partial charge < -0.3 is 0 Å². The van der Waals surface area contributed by atoms with Gasteiger partial charge in [-0.05, 0) is 18.3 Å². The summed E-state index contributed by atoms with van der Waals surface area (Å²) in [5.41, 5.74) is 0.473. The first-order valence-electron chi connectivity index (χ1n) is 3.04. The smallest absolute Gasteiger partial charge is 0.0656 e. The third-order valence-corrected chi connectivity index (χ3v) is 1.78. The standard InChI is InChI=1S/C7H11N/c1-7(2)3-6(4-7)5-8/h6H,3-4H2,1-2H3. The number of nitrogens with zero attached hydrogens (tertiary/aromatic N) is 1. The molecule has 1 fully saturated rings. The SMILES string of the molecule is CC1(C)CC(C#N)C1. The molecule has 0 spiro atoms. The zero-order valence-electron chi connectivity index (χ0n) is 5.44. The van der Waals surface area contributed by atoms with Crippen molar-refractivity contribution in [1.29, 1.82) is 5.26 Å². The summed E-state index contributed by atoms with van der Waals surface area (Å²) in [6, 6.07) is 2.26. The van der Waals surface area contributed by atoms with Crippen LogP contribution in [0.2, 0.25) is 0 Å². The molecule has 0 radical (unpaired) electrons. The van der Waals surface area contributed by atoms with Gasteiger partial charge in [-0.15, -0.1) is 0 Å². The van der Waals surface area contributed by atoms with Crippen LogP contribution in [0.5, 0.6) is 0 Å². The van der Waals surface area contributed by atoms with Crippen molar-refractivity contribution >= 4 is 0 Å². The highest BCUT2D eigenvalue weighted by atomic mass is 14.4. The van der Waals surface area contributed by atoms with Gasteiger partial charge in [-0.25, -0.2) is 0 Å². The second kappa shape index (κ2) is 1.48. The van der Waals surface area contributed by atoms with Crippen LogP contribution in [0.25, 0.3) is 0 Å². The average molecular weight is 109 g/mol. The van der Waals surface area contributed by atoms with Crippen molar-refractivity contribution in [1.82, 2.24) is 0 Å². The molecule has 1 saturated carbocycles. The van der Waals surface area contributed by atoms with Gasteiger partial charge >= 0.3 is 0 Å². The average Bonchev–Trinajstić information content (AvgIpc) is 1.60. The topological polar surface area (TPSA) is 23.8 Å². The predicted molar refractivity (Wildman–Crippen MR) is 32.1 cm³/mol. The van der Waals surface area contributed by atoms with Crippen molar-refractivity contribution in [3.63, 3.8) is 0 Å². The molecule has 0 atom stereocenters. The summed E-state index contributed by atoms with van der Waals surface area (Å²) < 4.78 is 0. The van der Waals surface area contributed by atoms with Gasteiger partial charge in [-0.2, -0.15) is 5.26 Å². The molecule has 0 aromatic heterocycles. The molecule has 0 aliphatic heterocycles. The number of nitriles is 1. The van der Waals surface area contributed by atoms with Gasteiger partial charge in [-0.1, -0.05) is 13.8 Å². The number of hydrogen-bond donors (Lipinski definition) is 0. The van der Waals surface area contributed by atoms with Gasteiger partial charge in [0.15, 0.2) is 0 Å². The van der Waals surface area contributed by atoms with Crippen LogP contribution >= 0.6 is 0 Å². The molecular weight excluding hydrogens is 98.1 g/mol. The zero-order chi connectivity index (χ0) is 6.20. The summed E-state index contributed by atoms with van der Waals surface area (Å²) in [6.45, 7) is 4.42. The largest absolute Gasteiger partial charge is 0.198 e. The lowest BCUT2D eigenvalue weighted by Gasteiger charge is -2.38. The van der Waals surface area contributed by atoms with Crippen molar-refractivity contribution < 1.29 is 0 Å². The molecule has 1 heteroatoms. The number of rotatable bonds is 0. The molecule has 0 amide bonds. The van der Waals surface area contributed by atoms with Crippen LogP contribution in [0.4, 0.5) is 0 Å². The van der Waals surface area contributed by atoms with E-state index in [0.29, 0.717) is 11.3 Å². The first-order valence-corrected chi connectivity index (χ1v) is 3.04. The van der Waals surface area contributed by atoms with Gasteiger partial charge in [0.05, 0.1) is 6.07 Å². The minimum atomic E-state index is 0.366. The van der Waals surface area contributed by atoms with E-state index in [1.165, 1.54) is 0 Å². The lowest BCUT2D eigenvalue weighted by molar-refractivity contribution is 0.136. The Hall–Kier alpha value is -0.510. The van der Waals surface area contributed by atoms with Crippen LogP contribution < -0.4 is 0 Å². The molecule has 44 valence electrons. The molecule has 0 heterocycles. The van der Waals surface area contributed by atoms with Gasteiger partial charge in [0, 0.05) is 5.92 Å². The Morgan fingerprint density at radius 1 is 1.50 bits per heavy atom. The summed E-state index contributed by atoms with van der Waals surface area (Å²) in [5.74, 6) is 0.366. The first-order chi connectivity index (χ1) is 3.64.